The Morgan fingerprint density at radius 1 is 1.08 bits per heavy atom. The molecule has 0 bridgehead atoms. The summed E-state index contributed by atoms with van der Waals surface area (Å²) in [5, 5.41) is 0.742. The highest BCUT2D eigenvalue weighted by Crippen LogP contribution is 2.24. The van der Waals surface area contributed by atoms with Gasteiger partial charge in [-0.25, -0.2) is 19.6 Å². The zero-order chi connectivity index (χ0) is 18.7. The van der Waals surface area contributed by atoms with E-state index in [0.717, 1.165) is 10.9 Å². The fourth-order valence-electron chi connectivity index (χ4n) is 2.69. The Bertz CT molecular complexity index is 975. The second-order valence-corrected chi connectivity index (χ2v) is 5.45. The van der Waals surface area contributed by atoms with E-state index in [0.29, 0.717) is 17.1 Å². The highest BCUT2D eigenvalue weighted by molar-refractivity contribution is 5.98. The van der Waals surface area contributed by atoms with Crippen molar-refractivity contribution in [2.75, 3.05) is 14.2 Å². The Balaban J connectivity index is 1.96. The van der Waals surface area contributed by atoms with Crippen LogP contribution in [0, 0.1) is 6.92 Å². The van der Waals surface area contributed by atoms with Crippen molar-refractivity contribution in [3.8, 4) is 5.88 Å². The molecule has 0 saturated heterocycles. The predicted molar refractivity (Wildman–Crippen MR) is 92.1 cm³/mol. The second kappa shape index (κ2) is 7.22. The SMILES string of the molecule is COC(=O)c1[nH]c(COc2ncnc3ccccc23)c(C(=O)OC)c1C. The second-order valence-electron chi connectivity index (χ2n) is 5.45. The van der Waals surface area contributed by atoms with Gasteiger partial charge in [0.25, 0.3) is 0 Å². The van der Waals surface area contributed by atoms with Crippen LogP contribution >= 0.6 is 0 Å². The number of H-pyrrole nitrogens is 1. The fraction of sp³-hybridized carbons (Fsp3) is 0.222. The quantitative estimate of drug-likeness (QED) is 0.701. The van der Waals surface area contributed by atoms with Gasteiger partial charge in [-0.1, -0.05) is 12.1 Å². The lowest BCUT2D eigenvalue weighted by Gasteiger charge is -2.08. The number of esters is 2. The smallest absolute Gasteiger partial charge is 0.354 e. The molecule has 2 heterocycles. The van der Waals surface area contributed by atoms with E-state index in [1.165, 1.54) is 20.5 Å². The molecular formula is C18H17N3O5. The average molecular weight is 355 g/mol. The van der Waals surface area contributed by atoms with Gasteiger partial charge in [-0.15, -0.1) is 0 Å². The minimum atomic E-state index is -0.577. The molecule has 0 aliphatic heterocycles. The highest BCUT2D eigenvalue weighted by atomic mass is 16.5. The van der Waals surface area contributed by atoms with Gasteiger partial charge in [0.15, 0.2) is 0 Å². The molecule has 0 saturated carbocycles. The third-order valence-electron chi connectivity index (χ3n) is 3.97. The third kappa shape index (κ3) is 3.08. The van der Waals surface area contributed by atoms with Crippen LogP contribution in [0.3, 0.4) is 0 Å². The molecule has 0 radical (unpaired) electrons. The van der Waals surface area contributed by atoms with Gasteiger partial charge < -0.3 is 19.2 Å². The number of aromatic amines is 1. The van der Waals surface area contributed by atoms with E-state index in [1.54, 1.807) is 6.92 Å². The number of carbonyl (C=O) groups is 2. The summed E-state index contributed by atoms with van der Waals surface area (Å²) in [5.74, 6) is -0.773. The van der Waals surface area contributed by atoms with Crippen molar-refractivity contribution in [2.24, 2.45) is 0 Å². The first-order valence-corrected chi connectivity index (χ1v) is 7.77. The van der Waals surface area contributed by atoms with Gasteiger partial charge >= 0.3 is 11.9 Å². The van der Waals surface area contributed by atoms with Gasteiger partial charge in [-0.2, -0.15) is 0 Å². The summed E-state index contributed by atoms with van der Waals surface area (Å²) < 4.78 is 15.3. The molecule has 8 heteroatoms. The zero-order valence-electron chi connectivity index (χ0n) is 14.5. The molecule has 1 N–H and O–H groups in total. The molecule has 0 unspecified atom stereocenters. The van der Waals surface area contributed by atoms with Crippen LogP contribution in [0.25, 0.3) is 10.9 Å². The van der Waals surface area contributed by atoms with Gasteiger partial charge in [0.1, 0.15) is 18.6 Å². The number of nitrogens with one attached hydrogen (secondary N) is 1. The maximum absolute atomic E-state index is 12.1. The Morgan fingerprint density at radius 3 is 2.54 bits per heavy atom. The van der Waals surface area contributed by atoms with Crippen molar-refractivity contribution in [1.29, 1.82) is 0 Å². The number of methoxy groups -OCH3 is 2. The maximum atomic E-state index is 12.1. The molecule has 0 atom stereocenters. The largest absolute Gasteiger partial charge is 0.471 e. The van der Waals surface area contributed by atoms with Crippen molar-refractivity contribution < 1.29 is 23.8 Å². The molecule has 0 aliphatic rings. The molecule has 8 nitrogen and oxygen atoms in total. The number of aromatic nitrogens is 3. The summed E-state index contributed by atoms with van der Waals surface area (Å²) in [7, 11) is 2.54. The van der Waals surface area contributed by atoms with Crippen molar-refractivity contribution in [1.82, 2.24) is 15.0 Å². The minimum absolute atomic E-state index is 0.0106. The Labute approximate surface area is 149 Å². The van der Waals surface area contributed by atoms with Crippen LogP contribution in [0.1, 0.15) is 32.1 Å². The first kappa shape index (κ1) is 17.4. The molecule has 0 aliphatic carbocycles. The van der Waals surface area contributed by atoms with Crippen LogP contribution in [0.15, 0.2) is 30.6 Å². The fourth-order valence-corrected chi connectivity index (χ4v) is 2.69. The standard InChI is InChI=1S/C18H17N3O5/c1-10-14(17(22)24-2)13(21-15(10)18(23)25-3)8-26-16-11-6-4-5-7-12(11)19-9-20-16/h4-7,9,21H,8H2,1-3H3. The summed E-state index contributed by atoms with van der Waals surface area (Å²) in [6, 6.07) is 7.40. The van der Waals surface area contributed by atoms with Crippen molar-refractivity contribution in [3.05, 3.63) is 53.1 Å². The predicted octanol–water partition coefficient (Wildman–Crippen LogP) is 2.42. The number of ether oxygens (including phenoxy) is 3. The molecule has 26 heavy (non-hydrogen) atoms. The van der Waals surface area contributed by atoms with E-state index in [-0.39, 0.29) is 17.9 Å². The Morgan fingerprint density at radius 2 is 1.81 bits per heavy atom. The van der Waals surface area contributed by atoms with Gasteiger partial charge in [0.05, 0.1) is 36.4 Å². The number of hydrogen-bond acceptors (Lipinski definition) is 7. The number of benzene rings is 1. The Hall–Kier alpha value is -3.42. The molecule has 0 amide bonds. The maximum Gasteiger partial charge on any atom is 0.354 e. The summed E-state index contributed by atoms with van der Waals surface area (Å²) in [6.07, 6.45) is 1.40. The molecular weight excluding hydrogens is 338 g/mol. The van der Waals surface area contributed by atoms with Crippen LogP contribution < -0.4 is 4.74 Å². The van der Waals surface area contributed by atoms with Gasteiger partial charge in [-0.3, -0.25) is 0 Å². The summed E-state index contributed by atoms with van der Waals surface area (Å²) in [6.45, 7) is 1.63. The van der Waals surface area contributed by atoms with E-state index in [2.05, 4.69) is 15.0 Å². The van der Waals surface area contributed by atoms with Gasteiger partial charge in [0.2, 0.25) is 5.88 Å². The molecule has 134 valence electrons. The lowest BCUT2D eigenvalue weighted by molar-refractivity contribution is 0.0591. The third-order valence-corrected chi connectivity index (χ3v) is 3.97. The van der Waals surface area contributed by atoms with Crippen LogP contribution in [0.2, 0.25) is 0 Å². The molecule has 0 spiro atoms. The van der Waals surface area contributed by atoms with Crippen LogP contribution in [0.4, 0.5) is 0 Å². The van der Waals surface area contributed by atoms with E-state index >= 15 is 0 Å². The number of rotatable bonds is 5. The van der Waals surface area contributed by atoms with E-state index in [1.807, 2.05) is 24.3 Å². The number of fused-ring (bicyclic) bond motifs is 1. The summed E-state index contributed by atoms with van der Waals surface area (Å²) in [5.41, 5.74) is 2.00. The summed E-state index contributed by atoms with van der Waals surface area (Å²) >= 11 is 0. The summed E-state index contributed by atoms with van der Waals surface area (Å²) in [4.78, 5) is 35.2. The number of hydrogen-bond donors (Lipinski definition) is 1. The minimum Gasteiger partial charge on any atom is -0.471 e. The highest BCUT2D eigenvalue weighted by Gasteiger charge is 2.25. The van der Waals surface area contributed by atoms with E-state index < -0.39 is 11.9 Å². The topological polar surface area (TPSA) is 103 Å². The molecule has 0 fully saturated rings. The van der Waals surface area contributed by atoms with Crippen molar-refractivity contribution >= 4 is 22.8 Å². The first-order valence-electron chi connectivity index (χ1n) is 7.77. The van der Waals surface area contributed by atoms with Crippen molar-refractivity contribution in [2.45, 2.75) is 13.5 Å². The molecule has 3 aromatic rings. The van der Waals surface area contributed by atoms with E-state index in [9.17, 15) is 9.59 Å². The van der Waals surface area contributed by atoms with Crippen LogP contribution in [0.5, 0.6) is 5.88 Å². The average Bonchev–Trinajstić information content (AvgIpc) is 3.01. The number of nitrogens with zero attached hydrogens (tertiary/aromatic N) is 2. The normalized spacial score (nSPS) is 10.6. The Kier molecular flexibility index (Phi) is 4.83. The lowest BCUT2D eigenvalue weighted by atomic mass is 10.1. The van der Waals surface area contributed by atoms with Gasteiger partial charge in [-0.05, 0) is 24.6 Å². The molecule has 3 rings (SSSR count). The zero-order valence-corrected chi connectivity index (χ0v) is 14.5. The molecule has 1 aromatic carbocycles. The van der Waals surface area contributed by atoms with E-state index in [4.69, 9.17) is 14.2 Å². The first-order chi connectivity index (χ1) is 12.6. The van der Waals surface area contributed by atoms with Gasteiger partial charge in [0, 0.05) is 0 Å². The lowest BCUT2D eigenvalue weighted by Crippen LogP contribution is -2.08. The number of carbonyl (C=O) groups excluding carboxylic acids is 2. The monoisotopic (exact) mass is 355 g/mol. The molecule has 2 aromatic heterocycles. The van der Waals surface area contributed by atoms with Crippen LogP contribution in [-0.2, 0) is 16.1 Å². The van der Waals surface area contributed by atoms with Crippen molar-refractivity contribution in [3.63, 3.8) is 0 Å². The van der Waals surface area contributed by atoms with Crippen LogP contribution in [-0.4, -0.2) is 41.1 Å². The number of para-hydroxylation sites is 1.